The molecule has 0 radical (unpaired) electrons. The third-order valence-electron chi connectivity index (χ3n) is 4.99. The fourth-order valence-electron chi connectivity index (χ4n) is 3.47. The number of nitrogens with zero attached hydrogens (tertiary/aromatic N) is 2. The van der Waals surface area contributed by atoms with Crippen LogP contribution in [-0.4, -0.2) is 73.4 Å². The van der Waals surface area contributed by atoms with Crippen LogP contribution in [0.1, 0.15) is 18.4 Å². The molecule has 0 spiro atoms. The predicted octanol–water partition coefficient (Wildman–Crippen LogP) is 1.45. The van der Waals surface area contributed by atoms with Gasteiger partial charge in [0.05, 0.1) is 13.2 Å². The number of nitrogens with one attached hydrogen (secondary N) is 2. The molecule has 25 heavy (non-hydrogen) atoms. The van der Waals surface area contributed by atoms with Gasteiger partial charge in [-0.25, -0.2) is 0 Å². The number of piperidine rings is 1. The molecule has 6 heteroatoms. The number of hydrogen-bond acceptors (Lipinski definition) is 4. The van der Waals surface area contributed by atoms with E-state index >= 15 is 0 Å². The van der Waals surface area contributed by atoms with Gasteiger partial charge >= 0.3 is 0 Å². The molecule has 0 bridgehead atoms. The molecule has 1 aromatic carbocycles. The van der Waals surface area contributed by atoms with Crippen LogP contribution in [0.25, 0.3) is 0 Å². The molecular weight excluding hydrogens is 332 g/mol. The van der Waals surface area contributed by atoms with Crippen LogP contribution in [0.3, 0.4) is 0 Å². The molecule has 0 aliphatic carbocycles. The van der Waals surface area contributed by atoms with Crippen LogP contribution in [0.4, 0.5) is 0 Å². The van der Waals surface area contributed by atoms with Gasteiger partial charge in [0.15, 0.2) is 5.11 Å². The van der Waals surface area contributed by atoms with Gasteiger partial charge in [-0.15, -0.1) is 0 Å². The lowest BCUT2D eigenvalue weighted by molar-refractivity contribution is 0.0389. The van der Waals surface area contributed by atoms with Crippen molar-refractivity contribution >= 4 is 17.3 Å². The molecule has 0 aromatic heterocycles. The van der Waals surface area contributed by atoms with E-state index < -0.39 is 0 Å². The first-order valence-corrected chi connectivity index (χ1v) is 9.81. The standard InChI is InChI=1S/C19H30N4OS/c25-19(20-8-11-22-12-14-24-15-13-22)21-18-6-9-23(10-7-18)16-17-4-2-1-3-5-17/h1-5,18H,6-16H2,(H2,20,21,25). The Hall–Kier alpha value is -1.21. The van der Waals surface area contributed by atoms with Gasteiger partial charge in [-0.3, -0.25) is 9.80 Å². The van der Waals surface area contributed by atoms with Crippen molar-refractivity contribution < 1.29 is 4.74 Å². The van der Waals surface area contributed by atoms with Crippen LogP contribution in [0.2, 0.25) is 0 Å². The Kier molecular flexibility index (Phi) is 7.48. The minimum Gasteiger partial charge on any atom is -0.379 e. The number of morpholine rings is 1. The fourth-order valence-corrected chi connectivity index (χ4v) is 3.73. The summed E-state index contributed by atoms with van der Waals surface area (Å²) < 4.78 is 5.37. The molecule has 1 aromatic rings. The molecule has 2 fully saturated rings. The second kappa shape index (κ2) is 10.1. The average Bonchev–Trinajstić information content (AvgIpc) is 2.65. The summed E-state index contributed by atoms with van der Waals surface area (Å²) in [6, 6.07) is 11.2. The molecule has 2 N–H and O–H groups in total. The van der Waals surface area contributed by atoms with Gasteiger partial charge in [0.1, 0.15) is 0 Å². The molecule has 0 amide bonds. The first-order chi connectivity index (χ1) is 12.3. The van der Waals surface area contributed by atoms with Crippen molar-refractivity contribution in [1.29, 1.82) is 0 Å². The van der Waals surface area contributed by atoms with Crippen molar-refractivity contribution in [1.82, 2.24) is 20.4 Å². The normalized spacial score (nSPS) is 20.3. The zero-order valence-corrected chi connectivity index (χ0v) is 15.8. The van der Waals surface area contributed by atoms with Gasteiger partial charge in [-0.05, 0) is 30.6 Å². The maximum absolute atomic E-state index is 5.46. The van der Waals surface area contributed by atoms with Crippen molar-refractivity contribution in [2.75, 3.05) is 52.5 Å². The van der Waals surface area contributed by atoms with E-state index in [2.05, 4.69) is 50.8 Å². The minimum absolute atomic E-state index is 0.496. The largest absolute Gasteiger partial charge is 0.379 e. The second-order valence-corrected chi connectivity index (χ2v) is 7.30. The van der Waals surface area contributed by atoms with E-state index in [1.54, 1.807) is 0 Å². The van der Waals surface area contributed by atoms with Gasteiger partial charge in [0.25, 0.3) is 0 Å². The van der Waals surface area contributed by atoms with E-state index in [-0.39, 0.29) is 0 Å². The molecule has 2 heterocycles. The summed E-state index contributed by atoms with van der Waals surface area (Å²) in [6.45, 7) is 9.00. The summed E-state index contributed by atoms with van der Waals surface area (Å²) in [5.74, 6) is 0. The summed E-state index contributed by atoms with van der Waals surface area (Å²) in [5.41, 5.74) is 1.40. The van der Waals surface area contributed by atoms with Gasteiger partial charge in [-0.1, -0.05) is 30.3 Å². The van der Waals surface area contributed by atoms with Crippen LogP contribution >= 0.6 is 12.2 Å². The molecule has 138 valence electrons. The van der Waals surface area contributed by atoms with Crippen LogP contribution in [0, 0.1) is 0 Å². The summed E-state index contributed by atoms with van der Waals surface area (Å²) in [4.78, 5) is 4.95. The van der Waals surface area contributed by atoms with Crippen LogP contribution < -0.4 is 10.6 Å². The third-order valence-corrected chi connectivity index (χ3v) is 5.25. The highest BCUT2D eigenvalue weighted by atomic mass is 32.1. The van der Waals surface area contributed by atoms with E-state index in [1.165, 1.54) is 5.56 Å². The lowest BCUT2D eigenvalue weighted by atomic mass is 10.0. The van der Waals surface area contributed by atoms with Crippen molar-refractivity contribution in [3.63, 3.8) is 0 Å². The zero-order chi connectivity index (χ0) is 17.3. The number of rotatable bonds is 6. The molecule has 2 aliphatic heterocycles. The van der Waals surface area contributed by atoms with E-state index in [0.717, 1.165) is 77.0 Å². The Morgan fingerprint density at radius 3 is 2.48 bits per heavy atom. The molecule has 5 nitrogen and oxygen atoms in total. The van der Waals surface area contributed by atoms with Crippen molar-refractivity contribution in [3.8, 4) is 0 Å². The van der Waals surface area contributed by atoms with Gasteiger partial charge in [0.2, 0.25) is 0 Å². The van der Waals surface area contributed by atoms with Crippen LogP contribution in [-0.2, 0) is 11.3 Å². The Morgan fingerprint density at radius 1 is 1.04 bits per heavy atom. The van der Waals surface area contributed by atoms with Crippen molar-refractivity contribution in [3.05, 3.63) is 35.9 Å². The summed E-state index contributed by atoms with van der Waals surface area (Å²) in [5, 5.41) is 7.64. The monoisotopic (exact) mass is 362 g/mol. The fraction of sp³-hybridized carbons (Fsp3) is 0.632. The molecule has 3 rings (SSSR count). The predicted molar refractivity (Wildman–Crippen MR) is 106 cm³/mol. The molecule has 2 saturated heterocycles. The van der Waals surface area contributed by atoms with Crippen molar-refractivity contribution in [2.45, 2.75) is 25.4 Å². The topological polar surface area (TPSA) is 39.8 Å². The highest BCUT2D eigenvalue weighted by Gasteiger charge is 2.19. The smallest absolute Gasteiger partial charge is 0.166 e. The highest BCUT2D eigenvalue weighted by Crippen LogP contribution is 2.13. The van der Waals surface area contributed by atoms with E-state index in [0.29, 0.717) is 6.04 Å². The number of benzene rings is 1. The minimum atomic E-state index is 0.496. The van der Waals surface area contributed by atoms with Crippen LogP contribution in [0.15, 0.2) is 30.3 Å². The first-order valence-electron chi connectivity index (χ1n) is 9.40. The van der Waals surface area contributed by atoms with Crippen LogP contribution in [0.5, 0.6) is 0 Å². The summed E-state index contributed by atoms with van der Waals surface area (Å²) in [7, 11) is 0. The maximum atomic E-state index is 5.46. The van der Waals surface area contributed by atoms with Gasteiger partial charge < -0.3 is 15.4 Å². The number of thiocarbonyl (C=S) groups is 1. The molecule has 0 atom stereocenters. The Labute approximate surface area is 156 Å². The Balaban J connectivity index is 1.28. The Morgan fingerprint density at radius 2 is 1.76 bits per heavy atom. The van der Waals surface area contributed by atoms with E-state index in [1.807, 2.05) is 0 Å². The van der Waals surface area contributed by atoms with E-state index in [9.17, 15) is 0 Å². The molecular formula is C19H30N4OS. The van der Waals surface area contributed by atoms with Gasteiger partial charge in [-0.2, -0.15) is 0 Å². The molecule has 0 saturated carbocycles. The average molecular weight is 363 g/mol. The number of hydrogen-bond donors (Lipinski definition) is 2. The zero-order valence-electron chi connectivity index (χ0n) is 15.0. The van der Waals surface area contributed by atoms with Crippen molar-refractivity contribution in [2.24, 2.45) is 0 Å². The lowest BCUT2D eigenvalue weighted by Gasteiger charge is -2.33. The molecule has 0 unspecified atom stereocenters. The second-order valence-electron chi connectivity index (χ2n) is 6.89. The maximum Gasteiger partial charge on any atom is 0.166 e. The summed E-state index contributed by atoms with van der Waals surface area (Å²) >= 11 is 5.46. The Bertz CT molecular complexity index is 513. The first kappa shape index (κ1) is 18.6. The van der Waals surface area contributed by atoms with E-state index in [4.69, 9.17) is 17.0 Å². The quantitative estimate of drug-likeness (QED) is 0.747. The number of likely N-dealkylation sites (tertiary alicyclic amines) is 1. The lowest BCUT2D eigenvalue weighted by Crippen LogP contribution is -2.49. The summed E-state index contributed by atoms with van der Waals surface area (Å²) in [6.07, 6.45) is 2.30. The van der Waals surface area contributed by atoms with Gasteiger partial charge in [0, 0.05) is 51.9 Å². The third kappa shape index (κ3) is 6.55. The highest BCUT2D eigenvalue weighted by molar-refractivity contribution is 7.80. The number of ether oxygens (including phenoxy) is 1. The molecule has 2 aliphatic rings. The SMILES string of the molecule is S=C(NCCN1CCOCC1)NC1CCN(Cc2ccccc2)CC1.